The third-order valence-electron chi connectivity index (χ3n) is 4.75. The number of nitrogens with two attached hydrogens (primary N) is 1. The normalized spacial score (nSPS) is 20.4. The average molecular weight is 408 g/mol. The lowest BCUT2D eigenvalue weighted by atomic mass is 10.1. The number of fused-ring (bicyclic) bond motifs is 1. The molecule has 1 saturated carbocycles. The summed E-state index contributed by atoms with van der Waals surface area (Å²) in [6, 6.07) is 7.52. The fraction of sp³-hybridized carbons (Fsp3) is 0.294. The van der Waals surface area contributed by atoms with Crippen LogP contribution in [0.2, 0.25) is 5.02 Å². The minimum atomic E-state index is -3.78. The van der Waals surface area contributed by atoms with E-state index >= 15 is 0 Å². The summed E-state index contributed by atoms with van der Waals surface area (Å²) in [7, 11) is -3.78. The van der Waals surface area contributed by atoms with Crippen LogP contribution < -0.4 is 10.5 Å². The molecular formula is C17H18ClN5O3S. The second kappa shape index (κ2) is 6.75. The average Bonchev–Trinajstić information content (AvgIpc) is 3.20. The fourth-order valence-electron chi connectivity index (χ4n) is 3.28. The van der Waals surface area contributed by atoms with Gasteiger partial charge in [0.15, 0.2) is 5.82 Å². The zero-order valence-corrected chi connectivity index (χ0v) is 15.8. The molecule has 1 aliphatic rings. The summed E-state index contributed by atoms with van der Waals surface area (Å²) in [5, 5.41) is 16.8. The maximum atomic E-state index is 12.6. The number of nitrogens with zero attached hydrogens (tertiary/aromatic N) is 2. The van der Waals surface area contributed by atoms with Gasteiger partial charge in [0.2, 0.25) is 10.0 Å². The number of aromatic nitrogens is 3. The number of sulfonamides is 1. The zero-order chi connectivity index (χ0) is 19.2. The largest absolute Gasteiger partial charge is 0.391 e. The third kappa shape index (κ3) is 3.39. The Balaban J connectivity index is 1.66. The lowest BCUT2D eigenvalue weighted by Gasteiger charge is -2.17. The molecule has 1 fully saturated rings. The second-order valence-electron chi connectivity index (χ2n) is 6.57. The van der Waals surface area contributed by atoms with Crippen LogP contribution in [-0.2, 0) is 10.0 Å². The van der Waals surface area contributed by atoms with Gasteiger partial charge in [-0.1, -0.05) is 11.6 Å². The van der Waals surface area contributed by atoms with E-state index in [9.17, 15) is 13.5 Å². The molecule has 0 spiro atoms. The van der Waals surface area contributed by atoms with Crippen LogP contribution >= 0.6 is 11.6 Å². The third-order valence-corrected chi connectivity index (χ3v) is 6.55. The number of benzene rings is 1. The Morgan fingerprint density at radius 1 is 1.26 bits per heavy atom. The molecule has 8 nitrogen and oxygen atoms in total. The van der Waals surface area contributed by atoms with Crippen LogP contribution in [0, 0.1) is 0 Å². The first kappa shape index (κ1) is 18.2. The van der Waals surface area contributed by atoms with Gasteiger partial charge in [0, 0.05) is 11.6 Å². The highest BCUT2D eigenvalue weighted by molar-refractivity contribution is 7.89. The number of H-pyrrole nitrogens is 1. The number of aromatic amines is 1. The van der Waals surface area contributed by atoms with E-state index in [-0.39, 0.29) is 15.7 Å². The number of halogens is 1. The van der Waals surface area contributed by atoms with Gasteiger partial charge in [-0.15, -0.1) is 0 Å². The van der Waals surface area contributed by atoms with Crippen molar-refractivity contribution in [3.63, 3.8) is 0 Å². The molecule has 0 aliphatic heterocycles. The van der Waals surface area contributed by atoms with E-state index in [2.05, 4.69) is 19.9 Å². The van der Waals surface area contributed by atoms with Gasteiger partial charge in [-0.25, -0.2) is 18.1 Å². The van der Waals surface area contributed by atoms with Crippen LogP contribution in [0.3, 0.4) is 0 Å². The number of aliphatic hydroxyl groups excluding tert-OH is 1. The molecule has 5 N–H and O–H groups in total. The van der Waals surface area contributed by atoms with E-state index in [0.29, 0.717) is 35.1 Å². The van der Waals surface area contributed by atoms with Crippen molar-refractivity contribution in [2.45, 2.75) is 36.3 Å². The Bertz CT molecular complexity index is 1110. The van der Waals surface area contributed by atoms with Crippen molar-refractivity contribution in [1.29, 1.82) is 0 Å². The molecule has 1 aliphatic carbocycles. The zero-order valence-electron chi connectivity index (χ0n) is 14.2. The van der Waals surface area contributed by atoms with Crippen molar-refractivity contribution >= 4 is 38.5 Å². The van der Waals surface area contributed by atoms with Gasteiger partial charge in [0.25, 0.3) is 0 Å². The summed E-state index contributed by atoms with van der Waals surface area (Å²) >= 11 is 6.34. The van der Waals surface area contributed by atoms with Crippen LogP contribution in [0.4, 0.5) is 5.82 Å². The summed E-state index contributed by atoms with van der Waals surface area (Å²) in [6.45, 7) is 0. The number of pyridine rings is 1. The number of hydrogen-bond donors (Lipinski definition) is 4. The van der Waals surface area contributed by atoms with Gasteiger partial charge in [-0.05, 0) is 49.6 Å². The van der Waals surface area contributed by atoms with E-state index in [1.165, 1.54) is 12.1 Å². The number of anilines is 1. The van der Waals surface area contributed by atoms with Gasteiger partial charge in [0.05, 0.1) is 27.2 Å². The molecule has 10 heteroatoms. The van der Waals surface area contributed by atoms with E-state index in [0.717, 1.165) is 6.42 Å². The van der Waals surface area contributed by atoms with Crippen LogP contribution in [0.1, 0.15) is 19.3 Å². The predicted molar refractivity (Wildman–Crippen MR) is 103 cm³/mol. The molecule has 4 rings (SSSR count). The molecule has 27 heavy (non-hydrogen) atoms. The molecule has 142 valence electrons. The van der Waals surface area contributed by atoms with Crippen LogP contribution in [0.25, 0.3) is 22.3 Å². The highest BCUT2D eigenvalue weighted by Crippen LogP contribution is 2.31. The van der Waals surface area contributed by atoms with E-state index < -0.39 is 22.2 Å². The lowest BCUT2D eigenvalue weighted by Crippen LogP contribution is -2.39. The SMILES string of the molecule is Nc1n[nH]c2ccc(-c3ccc(S(=O)(=O)NC4CCC[C@H]4O)cc3Cl)nc12. The Kier molecular flexibility index (Phi) is 4.55. The number of nitrogens with one attached hydrogen (secondary N) is 2. The van der Waals surface area contributed by atoms with Gasteiger partial charge < -0.3 is 10.8 Å². The smallest absolute Gasteiger partial charge is 0.240 e. The monoisotopic (exact) mass is 407 g/mol. The van der Waals surface area contributed by atoms with E-state index in [1.807, 2.05) is 0 Å². The van der Waals surface area contributed by atoms with Crippen molar-refractivity contribution in [2.24, 2.45) is 0 Å². The summed E-state index contributed by atoms with van der Waals surface area (Å²) in [4.78, 5) is 4.49. The molecule has 2 aromatic heterocycles. The minimum absolute atomic E-state index is 0.0410. The van der Waals surface area contributed by atoms with Crippen molar-refractivity contribution in [2.75, 3.05) is 5.73 Å². The quantitative estimate of drug-likeness (QED) is 0.523. The molecular weight excluding hydrogens is 390 g/mol. The predicted octanol–water partition coefficient (Wildman–Crippen LogP) is 2.05. The Labute approximate surface area is 160 Å². The molecule has 1 aromatic carbocycles. The molecule has 2 atom stereocenters. The van der Waals surface area contributed by atoms with Gasteiger partial charge in [-0.3, -0.25) is 5.10 Å². The number of nitrogen functional groups attached to an aromatic ring is 1. The molecule has 0 radical (unpaired) electrons. The van der Waals surface area contributed by atoms with Crippen LogP contribution in [0.15, 0.2) is 35.2 Å². The Hall–Kier alpha value is -2.20. The maximum absolute atomic E-state index is 12.6. The first-order valence-electron chi connectivity index (χ1n) is 8.46. The molecule has 0 bridgehead atoms. The van der Waals surface area contributed by atoms with Crippen molar-refractivity contribution in [3.05, 3.63) is 35.4 Å². The van der Waals surface area contributed by atoms with E-state index in [1.54, 1.807) is 18.2 Å². The highest BCUT2D eigenvalue weighted by atomic mass is 35.5. The maximum Gasteiger partial charge on any atom is 0.240 e. The first-order chi connectivity index (χ1) is 12.8. The number of aliphatic hydroxyl groups is 1. The van der Waals surface area contributed by atoms with Crippen molar-refractivity contribution < 1.29 is 13.5 Å². The van der Waals surface area contributed by atoms with Crippen LogP contribution in [-0.4, -0.2) is 40.9 Å². The lowest BCUT2D eigenvalue weighted by molar-refractivity contribution is 0.159. The topological polar surface area (TPSA) is 134 Å². The number of rotatable bonds is 4. The van der Waals surface area contributed by atoms with E-state index in [4.69, 9.17) is 17.3 Å². The Morgan fingerprint density at radius 3 is 2.78 bits per heavy atom. The van der Waals surface area contributed by atoms with Crippen LogP contribution in [0.5, 0.6) is 0 Å². The molecule has 1 unspecified atom stereocenters. The van der Waals surface area contributed by atoms with Gasteiger partial charge in [0.1, 0.15) is 5.52 Å². The standard InChI is InChI=1S/C17H18ClN5O3S/c18-11-8-9(27(25,26)23-13-2-1-3-15(13)24)4-5-10(11)12-6-7-14-16(20-12)17(19)22-21-14/h4-8,13,15,23-24H,1-3H2,(H3,19,21,22)/t13?,15-/m1/s1. The number of hydrogen-bond acceptors (Lipinski definition) is 6. The highest BCUT2D eigenvalue weighted by Gasteiger charge is 2.30. The van der Waals surface area contributed by atoms with Gasteiger partial charge in [-0.2, -0.15) is 5.10 Å². The summed E-state index contributed by atoms with van der Waals surface area (Å²) in [5.41, 5.74) is 8.15. The van der Waals surface area contributed by atoms with Crippen molar-refractivity contribution in [1.82, 2.24) is 19.9 Å². The molecule has 2 heterocycles. The summed E-state index contributed by atoms with van der Waals surface area (Å²) < 4.78 is 27.7. The van der Waals surface area contributed by atoms with Crippen molar-refractivity contribution in [3.8, 4) is 11.3 Å². The molecule has 3 aromatic rings. The first-order valence-corrected chi connectivity index (χ1v) is 10.3. The molecule has 0 amide bonds. The minimum Gasteiger partial charge on any atom is -0.391 e. The summed E-state index contributed by atoms with van der Waals surface area (Å²) in [5.74, 6) is 0.279. The Morgan fingerprint density at radius 2 is 2.07 bits per heavy atom. The summed E-state index contributed by atoms with van der Waals surface area (Å²) in [6.07, 6.45) is 1.34. The van der Waals surface area contributed by atoms with Gasteiger partial charge >= 0.3 is 0 Å². The second-order valence-corrected chi connectivity index (χ2v) is 8.69. The molecule has 0 saturated heterocycles. The fourth-order valence-corrected chi connectivity index (χ4v) is 4.96.